The minimum Gasteiger partial charge on any atom is -0.354 e. The largest absolute Gasteiger partial charge is 0.354 e. The Morgan fingerprint density at radius 1 is 1.05 bits per heavy atom. The highest BCUT2D eigenvalue weighted by Crippen LogP contribution is 2.23. The van der Waals surface area contributed by atoms with Gasteiger partial charge in [0, 0.05) is 37.1 Å². The summed E-state index contributed by atoms with van der Waals surface area (Å²) in [6.45, 7) is 4.30. The van der Waals surface area contributed by atoms with Gasteiger partial charge in [0.2, 0.25) is 21.8 Å². The Morgan fingerprint density at radius 2 is 1.76 bits per heavy atom. The molecule has 7 nitrogen and oxygen atoms in total. The molecule has 11 heteroatoms. The summed E-state index contributed by atoms with van der Waals surface area (Å²) in [7, 11) is -3.83. The minimum absolute atomic E-state index is 0.0384. The molecule has 2 aromatic carbocycles. The van der Waals surface area contributed by atoms with Gasteiger partial charge < -0.3 is 10.2 Å². The van der Waals surface area contributed by atoms with Crippen LogP contribution in [0, 0.1) is 11.6 Å². The van der Waals surface area contributed by atoms with Crippen LogP contribution in [0.25, 0.3) is 0 Å². The molecule has 0 radical (unpaired) electrons. The van der Waals surface area contributed by atoms with Crippen LogP contribution >= 0.6 is 11.6 Å². The number of unbranched alkanes of at least 4 members (excludes halogenated alkanes) is 1. The summed E-state index contributed by atoms with van der Waals surface area (Å²) in [4.78, 5) is 27.8. The lowest BCUT2D eigenvalue weighted by Crippen LogP contribution is -2.49. The molecule has 0 spiro atoms. The van der Waals surface area contributed by atoms with Crippen LogP contribution in [0.5, 0.6) is 0 Å². The van der Waals surface area contributed by atoms with Crippen molar-refractivity contribution in [2.75, 3.05) is 23.7 Å². The Morgan fingerprint density at radius 3 is 2.35 bits per heavy atom. The summed E-state index contributed by atoms with van der Waals surface area (Å²) >= 11 is 6.32. The van der Waals surface area contributed by atoms with Crippen LogP contribution < -0.4 is 9.62 Å². The van der Waals surface area contributed by atoms with E-state index in [1.165, 1.54) is 11.0 Å². The van der Waals surface area contributed by atoms with Crippen molar-refractivity contribution in [3.63, 3.8) is 0 Å². The first-order valence-corrected chi connectivity index (χ1v) is 14.5. The van der Waals surface area contributed by atoms with Crippen LogP contribution in [0.3, 0.4) is 0 Å². The fourth-order valence-electron chi connectivity index (χ4n) is 3.88. The second-order valence-corrected chi connectivity index (χ2v) is 11.0. The molecule has 0 aliphatic rings. The summed E-state index contributed by atoms with van der Waals surface area (Å²) in [5.41, 5.74) is 0.639. The van der Waals surface area contributed by atoms with Gasteiger partial charge >= 0.3 is 0 Å². The summed E-state index contributed by atoms with van der Waals surface area (Å²) in [5.74, 6) is -2.88. The molecule has 0 unspecified atom stereocenters. The third kappa shape index (κ3) is 8.96. The fraction of sp³-hybridized carbons (Fsp3) is 0.462. The number of halogens is 3. The number of carbonyl (C=O) groups is 2. The van der Waals surface area contributed by atoms with Crippen molar-refractivity contribution in [1.82, 2.24) is 10.2 Å². The van der Waals surface area contributed by atoms with Crippen LogP contribution in [0.15, 0.2) is 42.5 Å². The number of nitrogens with one attached hydrogen (secondary N) is 1. The lowest BCUT2D eigenvalue weighted by molar-refractivity contribution is -0.141. The van der Waals surface area contributed by atoms with Crippen LogP contribution in [-0.2, 0) is 26.2 Å². The molecule has 37 heavy (non-hydrogen) atoms. The number of hydrogen-bond acceptors (Lipinski definition) is 4. The SMILES string of the molecule is CCCCNC(=O)[C@H](CC)N(Cc1ccccc1Cl)C(=O)CCCN(c1ccc(F)c(F)c1)S(C)(=O)=O. The van der Waals surface area contributed by atoms with Crippen molar-refractivity contribution in [2.24, 2.45) is 0 Å². The Hall–Kier alpha value is -2.72. The maximum atomic E-state index is 13.7. The standard InChI is InChI=1S/C26H34ClF2N3O4S/c1-4-6-15-30-26(34)24(5-2)31(18-19-10-7-8-11-21(19)27)25(33)12-9-16-32(37(3,35)36)20-13-14-22(28)23(29)17-20/h7-8,10-11,13-14,17,24H,4-6,9,12,15-16,18H2,1-3H3,(H,30,34)/t24-/m0/s1. The molecule has 0 saturated carbocycles. The Bertz CT molecular complexity index is 1180. The van der Waals surface area contributed by atoms with Gasteiger partial charge in [0.1, 0.15) is 6.04 Å². The maximum Gasteiger partial charge on any atom is 0.242 e. The molecule has 2 amide bonds. The molecule has 2 aromatic rings. The number of nitrogens with zero attached hydrogens (tertiary/aromatic N) is 2. The number of rotatable bonds is 14. The highest BCUT2D eigenvalue weighted by atomic mass is 35.5. The highest BCUT2D eigenvalue weighted by Gasteiger charge is 2.29. The second-order valence-electron chi connectivity index (χ2n) is 8.72. The first-order valence-electron chi connectivity index (χ1n) is 12.2. The Balaban J connectivity index is 2.22. The van der Waals surface area contributed by atoms with Gasteiger partial charge in [-0.15, -0.1) is 0 Å². The summed E-state index contributed by atoms with van der Waals surface area (Å²) in [5, 5.41) is 3.34. The highest BCUT2D eigenvalue weighted by molar-refractivity contribution is 7.92. The third-order valence-electron chi connectivity index (χ3n) is 5.86. The minimum atomic E-state index is -3.83. The topological polar surface area (TPSA) is 86.8 Å². The van der Waals surface area contributed by atoms with E-state index in [2.05, 4.69) is 5.32 Å². The van der Waals surface area contributed by atoms with E-state index in [-0.39, 0.29) is 43.4 Å². The van der Waals surface area contributed by atoms with Gasteiger partial charge in [-0.3, -0.25) is 13.9 Å². The summed E-state index contributed by atoms with van der Waals surface area (Å²) < 4.78 is 52.7. The lowest BCUT2D eigenvalue weighted by Gasteiger charge is -2.31. The first kappa shape index (κ1) is 30.5. The number of hydrogen-bond donors (Lipinski definition) is 1. The number of benzene rings is 2. The van der Waals surface area contributed by atoms with Crippen LogP contribution in [0.2, 0.25) is 5.02 Å². The Labute approximate surface area is 222 Å². The van der Waals surface area contributed by atoms with Gasteiger partial charge in [0.15, 0.2) is 11.6 Å². The monoisotopic (exact) mass is 557 g/mol. The molecule has 0 bridgehead atoms. The number of sulfonamides is 1. The van der Waals surface area contributed by atoms with Crippen molar-refractivity contribution in [1.29, 1.82) is 0 Å². The van der Waals surface area contributed by atoms with E-state index in [1.807, 2.05) is 13.8 Å². The van der Waals surface area contributed by atoms with Gasteiger partial charge in [-0.1, -0.05) is 50.1 Å². The van der Waals surface area contributed by atoms with E-state index in [0.29, 0.717) is 23.6 Å². The van der Waals surface area contributed by atoms with Crippen molar-refractivity contribution in [3.05, 3.63) is 64.7 Å². The zero-order valence-corrected chi connectivity index (χ0v) is 22.9. The quantitative estimate of drug-likeness (QED) is 0.335. The second kappa shape index (κ2) is 14.3. The van der Waals surface area contributed by atoms with E-state index in [0.717, 1.165) is 35.5 Å². The first-order chi connectivity index (χ1) is 17.5. The van der Waals surface area contributed by atoms with Crippen LogP contribution in [0.1, 0.15) is 51.5 Å². The molecule has 204 valence electrons. The van der Waals surface area contributed by atoms with Gasteiger partial charge in [0.25, 0.3) is 0 Å². The van der Waals surface area contributed by atoms with E-state index in [4.69, 9.17) is 11.6 Å². The van der Waals surface area contributed by atoms with E-state index in [1.54, 1.807) is 24.3 Å². The Kier molecular flexibility index (Phi) is 11.8. The zero-order valence-electron chi connectivity index (χ0n) is 21.3. The van der Waals surface area contributed by atoms with Crippen molar-refractivity contribution < 1.29 is 26.8 Å². The van der Waals surface area contributed by atoms with E-state index in [9.17, 15) is 26.8 Å². The van der Waals surface area contributed by atoms with Crippen LogP contribution in [-0.4, -0.2) is 50.5 Å². The summed E-state index contributed by atoms with van der Waals surface area (Å²) in [6.07, 6.45) is 3.07. The molecule has 0 aromatic heterocycles. The van der Waals surface area contributed by atoms with Crippen molar-refractivity contribution in [3.8, 4) is 0 Å². The predicted molar refractivity (Wildman–Crippen MR) is 142 cm³/mol. The average Bonchev–Trinajstić information content (AvgIpc) is 2.84. The van der Waals surface area contributed by atoms with Crippen molar-refractivity contribution in [2.45, 2.75) is 58.5 Å². The molecule has 0 saturated heterocycles. The molecule has 2 rings (SSSR count). The van der Waals surface area contributed by atoms with E-state index >= 15 is 0 Å². The molecular formula is C26H34ClF2N3O4S. The number of carbonyl (C=O) groups excluding carboxylic acids is 2. The molecule has 0 aliphatic carbocycles. The van der Waals surface area contributed by atoms with Crippen LogP contribution in [0.4, 0.5) is 14.5 Å². The van der Waals surface area contributed by atoms with Gasteiger partial charge in [-0.2, -0.15) is 0 Å². The number of amides is 2. The van der Waals surface area contributed by atoms with Gasteiger partial charge in [-0.05, 0) is 43.0 Å². The molecule has 0 aliphatic heterocycles. The normalized spacial score (nSPS) is 12.2. The molecule has 1 N–H and O–H groups in total. The lowest BCUT2D eigenvalue weighted by atomic mass is 10.1. The van der Waals surface area contributed by atoms with Gasteiger partial charge in [-0.25, -0.2) is 17.2 Å². The molecule has 0 fully saturated rings. The zero-order chi connectivity index (χ0) is 27.6. The average molecular weight is 558 g/mol. The van der Waals surface area contributed by atoms with Crippen molar-refractivity contribution >= 4 is 39.1 Å². The number of anilines is 1. The van der Waals surface area contributed by atoms with Gasteiger partial charge in [0.05, 0.1) is 11.9 Å². The third-order valence-corrected chi connectivity index (χ3v) is 7.42. The maximum absolute atomic E-state index is 13.7. The fourth-order valence-corrected chi connectivity index (χ4v) is 5.03. The summed E-state index contributed by atoms with van der Waals surface area (Å²) in [6, 6.07) is 9.11. The molecular weight excluding hydrogens is 524 g/mol. The molecule has 0 heterocycles. The predicted octanol–water partition coefficient (Wildman–Crippen LogP) is 4.89. The van der Waals surface area contributed by atoms with E-state index < -0.39 is 27.7 Å². The smallest absolute Gasteiger partial charge is 0.242 e. The molecule has 1 atom stereocenters.